The van der Waals surface area contributed by atoms with Crippen LogP contribution in [0.4, 0.5) is 0 Å². The number of aliphatic hydroxyl groups excluding tert-OH is 1. The van der Waals surface area contributed by atoms with Crippen LogP contribution in [0.2, 0.25) is 0 Å². The number of hydrogen-bond acceptors (Lipinski definition) is 7. The molecule has 2 aromatic rings. The van der Waals surface area contributed by atoms with E-state index in [0.717, 1.165) is 0 Å². The van der Waals surface area contributed by atoms with Crippen LogP contribution in [-0.2, 0) is 16.3 Å². The van der Waals surface area contributed by atoms with E-state index in [-0.39, 0.29) is 29.1 Å². The second-order valence-electron chi connectivity index (χ2n) is 7.02. The summed E-state index contributed by atoms with van der Waals surface area (Å²) in [5.74, 6) is -3.36. The lowest BCUT2D eigenvalue weighted by Crippen LogP contribution is -2.59. The van der Waals surface area contributed by atoms with Gasteiger partial charge >= 0.3 is 0 Å². The fraction of sp³-hybridized carbons (Fsp3) is 0.200. The minimum atomic E-state index is -1.52. The minimum absolute atomic E-state index is 0.0726. The second-order valence-corrected chi connectivity index (χ2v) is 7.02. The smallest absolute Gasteiger partial charge is 0.265 e. The summed E-state index contributed by atoms with van der Waals surface area (Å²) in [6.45, 7) is 0. The van der Waals surface area contributed by atoms with E-state index in [9.17, 15) is 19.8 Å². The number of benzene rings is 2. The Morgan fingerprint density at radius 2 is 1.85 bits per heavy atom. The van der Waals surface area contributed by atoms with Crippen molar-refractivity contribution in [2.24, 2.45) is 0 Å². The van der Waals surface area contributed by atoms with Crippen molar-refractivity contribution in [2.45, 2.75) is 24.1 Å². The largest absolute Gasteiger partial charge is 0.507 e. The van der Waals surface area contributed by atoms with Gasteiger partial charge in [-0.25, -0.2) is 0 Å². The van der Waals surface area contributed by atoms with Gasteiger partial charge in [0.2, 0.25) is 5.79 Å². The number of rotatable bonds is 0. The summed E-state index contributed by atoms with van der Waals surface area (Å²) in [6.07, 6.45) is 1.32. The van der Waals surface area contributed by atoms with Gasteiger partial charge in [-0.15, -0.1) is 0 Å². The van der Waals surface area contributed by atoms with Crippen LogP contribution in [0.3, 0.4) is 0 Å². The van der Waals surface area contributed by atoms with Crippen LogP contribution < -0.4 is 9.47 Å². The van der Waals surface area contributed by atoms with Crippen LogP contribution >= 0.6 is 0 Å². The first-order chi connectivity index (χ1) is 12.9. The Morgan fingerprint density at radius 1 is 1.04 bits per heavy atom. The van der Waals surface area contributed by atoms with E-state index < -0.39 is 23.5 Å². The van der Waals surface area contributed by atoms with E-state index in [2.05, 4.69) is 0 Å². The zero-order chi connectivity index (χ0) is 18.6. The number of hydrogen-bond donors (Lipinski definition) is 2. The minimum Gasteiger partial charge on any atom is -0.507 e. The van der Waals surface area contributed by atoms with Crippen molar-refractivity contribution in [1.82, 2.24) is 0 Å². The molecule has 7 nitrogen and oxygen atoms in total. The maximum absolute atomic E-state index is 12.5. The molecule has 0 saturated heterocycles. The maximum Gasteiger partial charge on any atom is 0.265 e. The average Bonchev–Trinajstić information content (AvgIpc) is 2.64. The molecule has 2 aromatic carbocycles. The summed E-state index contributed by atoms with van der Waals surface area (Å²) in [7, 11) is 0. The SMILES string of the molecule is O=C1C=C[C@]23Oc4ccc(O)c5c4[C@](C[C@H](O)C5=O)(Oc4cccc1c42)O3. The third kappa shape index (κ3) is 1.60. The molecule has 0 aromatic heterocycles. The Balaban J connectivity index is 1.72. The summed E-state index contributed by atoms with van der Waals surface area (Å²) in [4.78, 5) is 24.8. The summed E-state index contributed by atoms with van der Waals surface area (Å²) in [6, 6.07) is 7.89. The number of aromatic hydroxyl groups is 1. The predicted molar refractivity (Wildman–Crippen MR) is 88.7 cm³/mol. The molecule has 27 heavy (non-hydrogen) atoms. The Morgan fingerprint density at radius 3 is 2.70 bits per heavy atom. The van der Waals surface area contributed by atoms with Gasteiger partial charge in [-0.05, 0) is 30.4 Å². The Hall–Kier alpha value is -3.16. The number of phenolic OH excluding ortho intramolecular Hbond substituents is 1. The molecule has 3 atom stereocenters. The van der Waals surface area contributed by atoms with Crippen LogP contribution in [0, 0.1) is 0 Å². The molecule has 0 fully saturated rings. The molecule has 6 rings (SSSR count). The molecule has 2 aliphatic carbocycles. The lowest BCUT2D eigenvalue weighted by atomic mass is 9.79. The molecule has 7 heteroatoms. The molecule has 0 amide bonds. The molecule has 4 aliphatic rings. The lowest BCUT2D eigenvalue weighted by molar-refractivity contribution is -0.345. The number of ketones is 2. The molecule has 2 heterocycles. The summed E-state index contributed by atoms with van der Waals surface area (Å²) < 4.78 is 18.5. The standard InChI is InChI=1S/C20H12O7/c21-10-6-7-19-16-9(10)2-1-3-13(16)26-20(27-19)8-12(23)18(24)15-11(22)4-5-14(25-19)17(15)20/h1-7,12,22-23H,8H2/t12-,19+,20+/m0/s1. The number of allylic oxidation sites excluding steroid dienone is 1. The van der Waals surface area contributed by atoms with Gasteiger partial charge in [-0.2, -0.15) is 0 Å². The zero-order valence-electron chi connectivity index (χ0n) is 13.8. The van der Waals surface area contributed by atoms with Crippen LogP contribution in [-0.4, -0.2) is 27.9 Å². The predicted octanol–water partition coefficient (Wildman–Crippen LogP) is 1.90. The normalized spacial score (nSPS) is 31.5. The highest BCUT2D eigenvalue weighted by Gasteiger charge is 2.63. The second kappa shape index (κ2) is 4.39. The molecule has 2 bridgehead atoms. The molecule has 2 spiro atoms. The third-order valence-corrected chi connectivity index (χ3v) is 5.48. The van der Waals surface area contributed by atoms with E-state index in [0.29, 0.717) is 22.6 Å². The van der Waals surface area contributed by atoms with E-state index in [1.807, 2.05) is 0 Å². The molecule has 0 radical (unpaired) electrons. The Kier molecular flexibility index (Phi) is 2.43. The monoisotopic (exact) mass is 364 g/mol. The van der Waals surface area contributed by atoms with E-state index in [1.54, 1.807) is 18.2 Å². The molecule has 2 N–H and O–H groups in total. The third-order valence-electron chi connectivity index (χ3n) is 5.48. The van der Waals surface area contributed by atoms with E-state index in [4.69, 9.17) is 14.2 Å². The highest BCUT2D eigenvalue weighted by atomic mass is 16.8. The first-order valence-electron chi connectivity index (χ1n) is 8.48. The summed E-state index contributed by atoms with van der Waals surface area (Å²) >= 11 is 0. The fourth-order valence-corrected chi connectivity index (χ4v) is 4.42. The maximum atomic E-state index is 12.5. The van der Waals surface area contributed by atoms with Gasteiger partial charge in [0, 0.05) is 5.56 Å². The van der Waals surface area contributed by atoms with Crippen molar-refractivity contribution in [2.75, 3.05) is 0 Å². The number of ether oxygens (including phenoxy) is 3. The lowest BCUT2D eigenvalue weighted by Gasteiger charge is -2.54. The van der Waals surface area contributed by atoms with Crippen molar-refractivity contribution in [3.63, 3.8) is 0 Å². The first kappa shape index (κ1) is 15.0. The van der Waals surface area contributed by atoms with Crippen LogP contribution in [0.1, 0.15) is 38.3 Å². The van der Waals surface area contributed by atoms with Gasteiger partial charge in [-0.3, -0.25) is 14.3 Å². The van der Waals surface area contributed by atoms with Gasteiger partial charge < -0.3 is 19.7 Å². The summed E-state index contributed by atoms with van der Waals surface area (Å²) in [5, 5.41) is 20.6. The number of aliphatic hydroxyl groups is 1. The average molecular weight is 364 g/mol. The zero-order valence-corrected chi connectivity index (χ0v) is 13.8. The van der Waals surface area contributed by atoms with Gasteiger partial charge in [0.25, 0.3) is 5.79 Å². The van der Waals surface area contributed by atoms with E-state index in [1.165, 1.54) is 24.3 Å². The van der Waals surface area contributed by atoms with Gasteiger partial charge in [0.05, 0.1) is 23.1 Å². The van der Waals surface area contributed by atoms with Crippen LogP contribution in [0.25, 0.3) is 0 Å². The molecule has 134 valence electrons. The topological polar surface area (TPSA) is 102 Å². The highest BCUT2D eigenvalue weighted by molar-refractivity contribution is 6.08. The highest BCUT2D eigenvalue weighted by Crippen LogP contribution is 2.60. The van der Waals surface area contributed by atoms with Crippen molar-refractivity contribution >= 4 is 11.6 Å². The number of carbonyl (C=O) groups excluding carboxylic acids is 2. The number of carbonyl (C=O) groups is 2. The van der Waals surface area contributed by atoms with Crippen molar-refractivity contribution < 1.29 is 34.0 Å². The van der Waals surface area contributed by atoms with Crippen molar-refractivity contribution in [1.29, 1.82) is 0 Å². The molecular weight excluding hydrogens is 352 g/mol. The Labute approximate surface area is 152 Å². The first-order valence-corrected chi connectivity index (χ1v) is 8.48. The van der Waals surface area contributed by atoms with Crippen LogP contribution in [0.5, 0.6) is 17.2 Å². The van der Waals surface area contributed by atoms with Crippen molar-refractivity contribution in [3.05, 3.63) is 64.7 Å². The molecule has 0 unspecified atom stereocenters. The number of Topliss-reactive ketones (excluding diaryl/α,β-unsaturated/α-hetero) is 1. The summed E-state index contributed by atoms with van der Waals surface area (Å²) in [5.41, 5.74) is 1.04. The number of phenols is 1. The molecule has 0 saturated carbocycles. The Bertz CT molecular complexity index is 1120. The van der Waals surface area contributed by atoms with Crippen molar-refractivity contribution in [3.8, 4) is 17.2 Å². The fourth-order valence-electron chi connectivity index (χ4n) is 4.42. The molecule has 2 aliphatic heterocycles. The van der Waals surface area contributed by atoms with Gasteiger partial charge in [0.15, 0.2) is 11.6 Å². The van der Waals surface area contributed by atoms with Gasteiger partial charge in [-0.1, -0.05) is 12.1 Å². The quantitative estimate of drug-likeness (QED) is 0.736. The molecular formula is C20H12O7. The van der Waals surface area contributed by atoms with Gasteiger partial charge in [0.1, 0.15) is 23.4 Å². The van der Waals surface area contributed by atoms with E-state index >= 15 is 0 Å². The van der Waals surface area contributed by atoms with Crippen LogP contribution in [0.15, 0.2) is 42.5 Å².